The van der Waals surface area contributed by atoms with E-state index in [1.54, 1.807) is 23.1 Å². The summed E-state index contributed by atoms with van der Waals surface area (Å²) in [6, 6.07) is 7.15. The number of fused-ring (bicyclic) bond motifs is 1. The lowest BCUT2D eigenvalue weighted by atomic mass is 10.1. The molecule has 8 nitrogen and oxygen atoms in total. The zero-order valence-corrected chi connectivity index (χ0v) is 18.4. The topological polar surface area (TPSA) is 114 Å². The second-order valence-electron chi connectivity index (χ2n) is 7.29. The van der Waals surface area contributed by atoms with E-state index in [-0.39, 0.29) is 35.0 Å². The molecule has 164 valence electrons. The van der Waals surface area contributed by atoms with Crippen molar-refractivity contribution in [3.05, 3.63) is 46.5 Å². The fourth-order valence-corrected chi connectivity index (χ4v) is 3.69. The summed E-state index contributed by atoms with van der Waals surface area (Å²) in [4.78, 5) is 39.5. The van der Waals surface area contributed by atoms with Crippen molar-refractivity contribution in [2.75, 3.05) is 24.1 Å². The van der Waals surface area contributed by atoms with Gasteiger partial charge in [0, 0.05) is 18.1 Å². The maximum atomic E-state index is 12.8. The van der Waals surface area contributed by atoms with Crippen LogP contribution in [0.1, 0.15) is 36.2 Å². The zero-order chi connectivity index (χ0) is 22.7. The van der Waals surface area contributed by atoms with E-state index in [9.17, 15) is 14.4 Å². The highest BCUT2D eigenvalue weighted by Crippen LogP contribution is 2.35. The number of anilines is 2. The lowest BCUT2D eigenvalue weighted by molar-refractivity contribution is -0.133. The number of hydrogen-bond acceptors (Lipinski definition) is 5. The smallest absolute Gasteiger partial charge is 0.254 e. The Hall–Kier alpha value is -3.26. The second-order valence-corrected chi connectivity index (χ2v) is 7.72. The van der Waals surface area contributed by atoms with Gasteiger partial charge < -0.3 is 26.0 Å². The summed E-state index contributed by atoms with van der Waals surface area (Å²) in [5.74, 6) is -0.472. The van der Waals surface area contributed by atoms with Crippen molar-refractivity contribution in [2.45, 2.75) is 33.2 Å². The van der Waals surface area contributed by atoms with Crippen LogP contribution in [0.5, 0.6) is 11.5 Å². The van der Waals surface area contributed by atoms with Crippen molar-refractivity contribution in [3.63, 3.8) is 0 Å². The van der Waals surface area contributed by atoms with Gasteiger partial charge in [-0.25, -0.2) is 0 Å². The molecule has 1 atom stereocenters. The van der Waals surface area contributed by atoms with Crippen LogP contribution >= 0.6 is 11.6 Å². The van der Waals surface area contributed by atoms with Crippen molar-refractivity contribution in [1.82, 2.24) is 10.2 Å². The van der Waals surface area contributed by atoms with Crippen LogP contribution in [0.25, 0.3) is 0 Å². The summed E-state index contributed by atoms with van der Waals surface area (Å²) in [7, 11) is 0. The summed E-state index contributed by atoms with van der Waals surface area (Å²) in [6.07, 6.45) is -0.131. The Labute approximate surface area is 185 Å². The largest absolute Gasteiger partial charge is 0.455 e. The van der Waals surface area contributed by atoms with Gasteiger partial charge in [-0.15, -0.1) is 0 Å². The normalized spacial score (nSPS) is 15.4. The van der Waals surface area contributed by atoms with Crippen molar-refractivity contribution in [1.29, 1.82) is 0 Å². The number of halogens is 1. The van der Waals surface area contributed by atoms with Crippen LogP contribution in [0.4, 0.5) is 11.4 Å². The van der Waals surface area contributed by atoms with Crippen molar-refractivity contribution >= 4 is 40.7 Å². The number of benzene rings is 2. The van der Waals surface area contributed by atoms with Gasteiger partial charge in [0.05, 0.1) is 23.4 Å². The van der Waals surface area contributed by atoms with E-state index in [2.05, 4.69) is 10.6 Å². The van der Waals surface area contributed by atoms with Gasteiger partial charge in [0.1, 0.15) is 11.8 Å². The van der Waals surface area contributed by atoms with Crippen LogP contribution in [0.2, 0.25) is 5.02 Å². The minimum absolute atomic E-state index is 0.131. The molecule has 1 aliphatic heterocycles. The molecular weight excluding hydrogens is 420 g/mol. The summed E-state index contributed by atoms with van der Waals surface area (Å²) < 4.78 is 5.84. The fraction of sp³-hybridized carbons (Fsp3) is 0.318. The van der Waals surface area contributed by atoms with Crippen molar-refractivity contribution in [3.8, 4) is 11.5 Å². The Kier molecular flexibility index (Phi) is 6.70. The third-order valence-corrected chi connectivity index (χ3v) is 5.23. The number of aryl methyl sites for hydroxylation is 1. The van der Waals surface area contributed by atoms with Crippen LogP contribution in [-0.4, -0.2) is 41.8 Å². The molecular formula is C22H25ClN4O4. The van der Waals surface area contributed by atoms with Crippen LogP contribution in [0.15, 0.2) is 30.3 Å². The number of nitrogens with two attached hydrogens (primary N) is 1. The predicted octanol–water partition coefficient (Wildman–Crippen LogP) is 3.33. The second kappa shape index (κ2) is 9.26. The molecule has 2 aromatic carbocycles. The van der Waals surface area contributed by atoms with E-state index < -0.39 is 17.9 Å². The lowest BCUT2D eigenvalue weighted by Crippen LogP contribution is -2.45. The molecule has 0 bridgehead atoms. The van der Waals surface area contributed by atoms with Gasteiger partial charge in [-0.3, -0.25) is 14.4 Å². The number of amides is 3. The maximum absolute atomic E-state index is 12.8. The first-order valence-electron chi connectivity index (χ1n) is 9.99. The molecule has 1 aliphatic rings. The van der Waals surface area contributed by atoms with E-state index in [0.29, 0.717) is 23.9 Å². The molecule has 0 aromatic heterocycles. The molecule has 1 heterocycles. The highest BCUT2D eigenvalue weighted by molar-refractivity contribution is 6.30. The van der Waals surface area contributed by atoms with E-state index >= 15 is 0 Å². The summed E-state index contributed by atoms with van der Waals surface area (Å²) in [5.41, 5.74) is 7.69. The summed E-state index contributed by atoms with van der Waals surface area (Å²) >= 11 is 6.08. The first-order chi connectivity index (χ1) is 14.7. The SMILES string of the molecule is CCN(CC)C(=O)C[C@@H]1NC(=O)c2cc(Oc3cc(C)cc(Cl)c3)c(N)cc2NC1=O. The highest BCUT2D eigenvalue weighted by atomic mass is 35.5. The number of carbonyl (C=O) groups is 3. The first-order valence-corrected chi connectivity index (χ1v) is 10.4. The number of ether oxygens (including phenoxy) is 1. The van der Waals surface area contributed by atoms with Gasteiger partial charge in [0.2, 0.25) is 11.8 Å². The van der Waals surface area contributed by atoms with E-state index in [1.165, 1.54) is 12.1 Å². The molecule has 31 heavy (non-hydrogen) atoms. The number of nitrogens with zero attached hydrogens (tertiary/aromatic N) is 1. The predicted molar refractivity (Wildman–Crippen MR) is 120 cm³/mol. The van der Waals surface area contributed by atoms with Gasteiger partial charge in [0.25, 0.3) is 5.91 Å². The highest BCUT2D eigenvalue weighted by Gasteiger charge is 2.31. The maximum Gasteiger partial charge on any atom is 0.254 e. The fourth-order valence-electron chi connectivity index (χ4n) is 3.41. The summed E-state index contributed by atoms with van der Waals surface area (Å²) in [6.45, 7) is 6.64. The van der Waals surface area contributed by atoms with E-state index in [1.807, 2.05) is 20.8 Å². The minimum Gasteiger partial charge on any atom is -0.455 e. The van der Waals surface area contributed by atoms with Gasteiger partial charge in [0.15, 0.2) is 5.75 Å². The molecule has 4 N–H and O–H groups in total. The zero-order valence-electron chi connectivity index (χ0n) is 17.6. The van der Waals surface area contributed by atoms with Crippen LogP contribution < -0.4 is 21.1 Å². The molecule has 0 saturated carbocycles. The number of rotatable bonds is 6. The minimum atomic E-state index is -0.992. The molecule has 3 amide bonds. The molecule has 0 fully saturated rings. The molecule has 0 aliphatic carbocycles. The third kappa shape index (κ3) is 5.08. The molecule has 0 unspecified atom stereocenters. The molecule has 0 saturated heterocycles. The number of carbonyl (C=O) groups excluding carboxylic acids is 3. The quantitative estimate of drug-likeness (QED) is 0.591. The monoisotopic (exact) mass is 444 g/mol. The van der Waals surface area contributed by atoms with E-state index in [4.69, 9.17) is 22.1 Å². The Bertz CT molecular complexity index is 1020. The number of nitrogen functional groups attached to an aromatic ring is 1. The van der Waals surface area contributed by atoms with Crippen LogP contribution in [0, 0.1) is 6.92 Å². The molecule has 2 aromatic rings. The van der Waals surface area contributed by atoms with E-state index in [0.717, 1.165) is 5.56 Å². The van der Waals surface area contributed by atoms with Crippen molar-refractivity contribution in [2.24, 2.45) is 0 Å². The third-order valence-electron chi connectivity index (χ3n) is 5.01. The van der Waals surface area contributed by atoms with Crippen LogP contribution in [-0.2, 0) is 9.59 Å². The Morgan fingerprint density at radius 1 is 1.16 bits per heavy atom. The van der Waals surface area contributed by atoms with Crippen LogP contribution in [0.3, 0.4) is 0 Å². The standard InChI is InChI=1S/C22H25ClN4O4/c1-4-27(5-2)20(28)11-18-22(30)25-17-10-16(24)19(9-15(17)21(29)26-18)31-14-7-12(3)6-13(23)8-14/h6-10,18H,4-5,11,24H2,1-3H3,(H,25,30)(H,26,29)/t18-/m0/s1. The average molecular weight is 445 g/mol. The van der Waals surface area contributed by atoms with Gasteiger partial charge in [-0.1, -0.05) is 11.6 Å². The molecule has 0 spiro atoms. The molecule has 9 heteroatoms. The van der Waals surface area contributed by atoms with Gasteiger partial charge in [-0.2, -0.15) is 0 Å². The van der Waals surface area contributed by atoms with Crippen molar-refractivity contribution < 1.29 is 19.1 Å². The lowest BCUT2D eigenvalue weighted by Gasteiger charge is -2.21. The Morgan fingerprint density at radius 3 is 2.52 bits per heavy atom. The number of nitrogens with one attached hydrogen (secondary N) is 2. The first kappa shape index (κ1) is 22.4. The van der Waals surface area contributed by atoms with Gasteiger partial charge in [-0.05, 0) is 56.7 Å². The molecule has 0 radical (unpaired) electrons. The average Bonchev–Trinajstić information content (AvgIpc) is 2.79. The number of hydrogen-bond donors (Lipinski definition) is 3. The Balaban J connectivity index is 1.86. The molecule has 3 rings (SSSR count). The summed E-state index contributed by atoms with van der Waals surface area (Å²) in [5, 5.41) is 5.82. The Morgan fingerprint density at radius 2 is 1.87 bits per heavy atom. The van der Waals surface area contributed by atoms with Gasteiger partial charge >= 0.3 is 0 Å².